The molecule has 1 unspecified atom stereocenters. The van der Waals surface area contributed by atoms with Crippen molar-refractivity contribution in [3.8, 4) is 66.9 Å². The molecule has 1 atom stereocenters. The van der Waals surface area contributed by atoms with Gasteiger partial charge in [0.25, 0.3) is 0 Å². The number of nitrogens with one attached hydrogen (secondary N) is 2. The van der Waals surface area contributed by atoms with Crippen LogP contribution in [0.15, 0.2) is 241 Å². The molecule has 0 radical (unpaired) electrons. The number of hydrogen-bond donors (Lipinski definition) is 2. The van der Waals surface area contributed by atoms with E-state index < -0.39 is 11.6 Å². The van der Waals surface area contributed by atoms with Crippen molar-refractivity contribution in [1.29, 1.82) is 0 Å². The highest BCUT2D eigenvalue weighted by Crippen LogP contribution is 2.64. The number of fused-ring (bicyclic) bond motifs is 13. The molecule has 0 bridgehead atoms. The first kappa shape index (κ1) is 39.3. The minimum Gasteiger partial charge on any atom is -0.379 e. The number of hydrogen-bond acceptors (Lipinski definition) is 5. The minimum absolute atomic E-state index is 0.424. The van der Waals surface area contributed by atoms with Crippen LogP contribution in [-0.4, -0.2) is 16.7 Å². The second-order valence-electron chi connectivity index (χ2n) is 18.3. The average Bonchev–Trinajstić information content (AvgIpc) is 3.91. The van der Waals surface area contributed by atoms with Crippen LogP contribution in [0.5, 0.6) is 0 Å². The fourth-order valence-electron chi connectivity index (χ4n) is 11.6. The summed E-state index contributed by atoms with van der Waals surface area (Å²) in [6, 6.07) is 81.6. The number of pyridine rings is 1. The van der Waals surface area contributed by atoms with E-state index in [0.717, 1.165) is 62.7 Å². The Labute approximate surface area is 401 Å². The summed E-state index contributed by atoms with van der Waals surface area (Å²) >= 11 is 0. The first-order valence-corrected chi connectivity index (χ1v) is 23.7. The number of amidine groups is 2. The molecule has 69 heavy (non-hydrogen) atoms. The number of aliphatic imine (C=N–C) groups is 2. The largest absolute Gasteiger partial charge is 0.379 e. The summed E-state index contributed by atoms with van der Waals surface area (Å²) in [6.07, 6.45) is 1.46. The van der Waals surface area contributed by atoms with Crippen LogP contribution >= 0.6 is 0 Å². The highest BCUT2D eigenvalue weighted by atomic mass is 15.2. The molecule has 0 saturated carbocycles. The summed E-state index contributed by atoms with van der Waals surface area (Å²) in [5.41, 5.74) is 24.4. The maximum Gasteiger partial charge on any atom is 0.159 e. The number of nitrogens with zero attached hydrogens (tertiary/aromatic N) is 3. The van der Waals surface area contributed by atoms with Crippen molar-refractivity contribution >= 4 is 17.4 Å². The molecule has 14 rings (SSSR count). The van der Waals surface area contributed by atoms with Gasteiger partial charge in [-0.15, -0.1) is 0 Å². The van der Waals surface area contributed by atoms with Crippen molar-refractivity contribution in [2.75, 3.05) is 5.32 Å². The summed E-state index contributed by atoms with van der Waals surface area (Å²) in [7, 11) is 0. The van der Waals surface area contributed by atoms with Gasteiger partial charge in [-0.2, -0.15) is 0 Å². The number of rotatable bonds is 6. The molecule has 10 aromatic rings. The van der Waals surface area contributed by atoms with Gasteiger partial charge in [0.15, 0.2) is 5.84 Å². The Morgan fingerprint density at radius 3 is 1.74 bits per heavy atom. The lowest BCUT2D eigenvalue weighted by Gasteiger charge is -2.30. The molecule has 2 aliphatic heterocycles. The first-order chi connectivity index (χ1) is 34.2. The topological polar surface area (TPSA) is 61.7 Å². The third-order valence-electron chi connectivity index (χ3n) is 14.6. The molecule has 1 aromatic heterocycles. The standard InChI is InChI=1S/C64H43N5/c1-3-16-42(17-4-1)61-67-62(43-18-5-2-6-19-43)69-63(68-61)47-37-45(40-31-33-41(34-32-40)48-24-13-20-44-39-66-57-30-15-35-65-60(57)58(44)48)36-46(38-47)49-25-14-29-56-59(49)52-23-9-12-28-55(52)64(56)53-26-10-7-21-50(53)51-22-8-11-27-54(51)64/h1-38,63,66H,39H2,(H,67,68,69). The molecule has 0 fully saturated rings. The van der Waals surface area contributed by atoms with E-state index in [1.807, 2.05) is 36.5 Å². The number of anilines is 1. The Kier molecular flexibility index (Phi) is 8.86. The van der Waals surface area contributed by atoms with E-state index in [1.54, 1.807) is 0 Å². The van der Waals surface area contributed by atoms with Crippen LogP contribution in [0.25, 0.3) is 66.9 Å². The van der Waals surface area contributed by atoms with Gasteiger partial charge in [-0.05, 0) is 119 Å². The maximum absolute atomic E-state index is 5.40. The van der Waals surface area contributed by atoms with Gasteiger partial charge in [-0.3, -0.25) is 4.98 Å². The van der Waals surface area contributed by atoms with Crippen LogP contribution in [0, 0.1) is 0 Å². The van der Waals surface area contributed by atoms with Crippen molar-refractivity contribution in [2.24, 2.45) is 9.98 Å². The second-order valence-corrected chi connectivity index (χ2v) is 18.3. The van der Waals surface area contributed by atoms with E-state index in [4.69, 9.17) is 15.0 Å². The molecule has 3 heterocycles. The lowest BCUT2D eigenvalue weighted by atomic mass is 9.70. The van der Waals surface area contributed by atoms with Crippen molar-refractivity contribution in [2.45, 2.75) is 18.1 Å². The van der Waals surface area contributed by atoms with Gasteiger partial charge in [-0.1, -0.05) is 194 Å². The fourth-order valence-corrected chi connectivity index (χ4v) is 11.6. The Morgan fingerprint density at radius 2 is 1.00 bits per heavy atom. The molecule has 2 aliphatic carbocycles. The zero-order valence-corrected chi connectivity index (χ0v) is 37.6. The molecule has 2 N–H and O–H groups in total. The quantitative estimate of drug-likeness (QED) is 0.175. The lowest BCUT2D eigenvalue weighted by molar-refractivity contribution is 0.674. The number of aromatic nitrogens is 1. The van der Waals surface area contributed by atoms with Gasteiger partial charge in [0.1, 0.15) is 12.0 Å². The zero-order valence-electron chi connectivity index (χ0n) is 37.6. The van der Waals surface area contributed by atoms with Crippen LogP contribution in [0.3, 0.4) is 0 Å². The molecule has 324 valence electrons. The highest BCUT2D eigenvalue weighted by molar-refractivity contribution is 6.13. The van der Waals surface area contributed by atoms with Gasteiger partial charge < -0.3 is 10.6 Å². The third kappa shape index (κ3) is 6.07. The molecule has 1 spiro atoms. The average molecular weight is 882 g/mol. The normalized spacial score (nSPS) is 15.3. The zero-order chi connectivity index (χ0) is 45.5. The van der Waals surface area contributed by atoms with E-state index in [2.05, 4.69) is 205 Å². The van der Waals surface area contributed by atoms with Crippen molar-refractivity contribution < 1.29 is 0 Å². The van der Waals surface area contributed by atoms with E-state index in [1.165, 1.54) is 66.8 Å². The molecule has 5 nitrogen and oxygen atoms in total. The van der Waals surface area contributed by atoms with E-state index in [9.17, 15) is 0 Å². The van der Waals surface area contributed by atoms with Crippen LogP contribution < -0.4 is 10.6 Å². The predicted molar refractivity (Wildman–Crippen MR) is 281 cm³/mol. The minimum atomic E-state index is -0.449. The van der Waals surface area contributed by atoms with Gasteiger partial charge in [0, 0.05) is 29.4 Å². The van der Waals surface area contributed by atoms with Crippen molar-refractivity contribution in [3.63, 3.8) is 0 Å². The van der Waals surface area contributed by atoms with E-state index in [-0.39, 0.29) is 0 Å². The predicted octanol–water partition coefficient (Wildman–Crippen LogP) is 14.5. The van der Waals surface area contributed by atoms with Gasteiger partial charge in [-0.25, -0.2) is 9.98 Å². The van der Waals surface area contributed by atoms with Crippen LogP contribution in [0.4, 0.5) is 5.69 Å². The molecule has 4 aliphatic rings. The van der Waals surface area contributed by atoms with E-state index >= 15 is 0 Å². The maximum atomic E-state index is 5.40. The summed E-state index contributed by atoms with van der Waals surface area (Å²) in [6.45, 7) is 0.768. The SMILES string of the molecule is c1ccc(C2=NC(c3cc(-c4ccc(-c5cccc6c5-c5ncccc5NC6)cc4)cc(-c4cccc5c4-c4ccccc4C54c5ccccc5-c5ccccc54)c3)NC(c3ccccc3)=N2)cc1. The molecule has 5 heteroatoms. The van der Waals surface area contributed by atoms with Crippen molar-refractivity contribution in [1.82, 2.24) is 10.3 Å². The summed E-state index contributed by atoms with van der Waals surface area (Å²) in [5, 5.41) is 7.35. The monoisotopic (exact) mass is 881 g/mol. The summed E-state index contributed by atoms with van der Waals surface area (Å²) in [4.78, 5) is 15.4. The second kappa shape index (κ2) is 15.6. The molecule has 0 amide bonds. The smallest absolute Gasteiger partial charge is 0.159 e. The number of benzene rings is 9. The van der Waals surface area contributed by atoms with E-state index in [0.29, 0.717) is 5.84 Å². The highest BCUT2D eigenvalue weighted by Gasteiger charge is 2.52. The summed E-state index contributed by atoms with van der Waals surface area (Å²) < 4.78 is 0. The Hall–Kier alpha value is -8.93. The Morgan fingerprint density at radius 1 is 0.420 bits per heavy atom. The molecular formula is C64H43N5. The van der Waals surface area contributed by atoms with Crippen LogP contribution in [0.2, 0.25) is 0 Å². The van der Waals surface area contributed by atoms with Gasteiger partial charge in [0.2, 0.25) is 0 Å². The molecular weight excluding hydrogens is 839 g/mol. The van der Waals surface area contributed by atoms with Gasteiger partial charge >= 0.3 is 0 Å². The van der Waals surface area contributed by atoms with Crippen LogP contribution in [-0.2, 0) is 12.0 Å². The molecule has 0 saturated heterocycles. The first-order valence-electron chi connectivity index (χ1n) is 23.7. The Bertz CT molecular complexity index is 3710. The third-order valence-corrected chi connectivity index (χ3v) is 14.6. The lowest BCUT2D eigenvalue weighted by Crippen LogP contribution is -2.33. The molecule has 9 aromatic carbocycles. The Balaban J connectivity index is 0.969. The fraction of sp³-hybridized carbons (Fsp3) is 0.0469. The van der Waals surface area contributed by atoms with Crippen LogP contribution in [0.1, 0.15) is 50.7 Å². The van der Waals surface area contributed by atoms with Gasteiger partial charge in [0.05, 0.1) is 16.8 Å². The van der Waals surface area contributed by atoms with Crippen molar-refractivity contribution in [3.05, 3.63) is 275 Å². The summed E-state index contributed by atoms with van der Waals surface area (Å²) in [5.74, 6) is 1.49.